The molecule has 0 spiro atoms. The Bertz CT molecular complexity index is 83.7. The number of nitrogens with one attached hydrogen (secondary N) is 1. The molecule has 3 N–H and O–H groups in total. The summed E-state index contributed by atoms with van der Waals surface area (Å²) < 4.78 is 0. The van der Waals surface area contributed by atoms with Crippen molar-refractivity contribution in [2.45, 2.75) is 38.0 Å². The normalized spacial score (nSPS) is 16.8. The smallest absolute Gasteiger partial charge is 0.0596 e. The summed E-state index contributed by atoms with van der Waals surface area (Å²) in [5.41, 5.74) is 5.33. The van der Waals surface area contributed by atoms with E-state index in [4.69, 9.17) is 5.73 Å². The monoisotopic (exact) mass is 162 g/mol. The standard InChI is InChI=1S/C7H18N2S/c1-3-4-5-7(2,10)9-6-8/h9-10H,3-6,8H2,1-2H3. The lowest BCUT2D eigenvalue weighted by atomic mass is 10.1. The van der Waals surface area contributed by atoms with Gasteiger partial charge in [0.05, 0.1) is 4.87 Å². The molecule has 0 amide bonds. The van der Waals surface area contributed by atoms with Crippen LogP contribution in [0.25, 0.3) is 0 Å². The molecule has 0 aromatic heterocycles. The van der Waals surface area contributed by atoms with Crippen LogP contribution in [0.2, 0.25) is 0 Å². The predicted octanol–water partition coefficient (Wildman–Crippen LogP) is 1.33. The first kappa shape index (κ1) is 10.3. The fourth-order valence-corrected chi connectivity index (χ4v) is 1.08. The summed E-state index contributed by atoms with van der Waals surface area (Å²) in [6.07, 6.45) is 3.49. The van der Waals surface area contributed by atoms with E-state index in [-0.39, 0.29) is 4.87 Å². The largest absolute Gasteiger partial charge is 0.318 e. The lowest BCUT2D eigenvalue weighted by Crippen LogP contribution is -2.40. The first-order valence-electron chi connectivity index (χ1n) is 3.80. The average Bonchev–Trinajstić information content (AvgIpc) is 1.84. The van der Waals surface area contributed by atoms with Crippen LogP contribution in [-0.2, 0) is 0 Å². The Morgan fingerprint density at radius 1 is 1.60 bits per heavy atom. The van der Waals surface area contributed by atoms with Crippen molar-refractivity contribution in [2.75, 3.05) is 6.67 Å². The molecule has 0 heterocycles. The van der Waals surface area contributed by atoms with E-state index < -0.39 is 0 Å². The van der Waals surface area contributed by atoms with Crippen molar-refractivity contribution >= 4 is 12.6 Å². The minimum Gasteiger partial charge on any atom is -0.318 e. The second-order valence-corrected chi connectivity index (χ2v) is 3.75. The number of nitrogens with two attached hydrogens (primary N) is 1. The van der Waals surface area contributed by atoms with Crippen molar-refractivity contribution in [3.63, 3.8) is 0 Å². The zero-order valence-electron chi connectivity index (χ0n) is 6.85. The van der Waals surface area contributed by atoms with E-state index in [1.54, 1.807) is 0 Å². The van der Waals surface area contributed by atoms with Crippen molar-refractivity contribution < 1.29 is 0 Å². The third-order valence-electron chi connectivity index (χ3n) is 1.50. The molecule has 62 valence electrons. The molecule has 0 rings (SSSR count). The first-order valence-corrected chi connectivity index (χ1v) is 4.24. The van der Waals surface area contributed by atoms with Gasteiger partial charge in [0.25, 0.3) is 0 Å². The van der Waals surface area contributed by atoms with Crippen molar-refractivity contribution in [1.29, 1.82) is 0 Å². The van der Waals surface area contributed by atoms with Crippen LogP contribution in [0, 0.1) is 0 Å². The Morgan fingerprint density at radius 2 is 2.20 bits per heavy atom. The van der Waals surface area contributed by atoms with Crippen LogP contribution in [0.1, 0.15) is 33.1 Å². The molecule has 0 radical (unpaired) electrons. The van der Waals surface area contributed by atoms with Crippen LogP contribution >= 0.6 is 12.6 Å². The minimum absolute atomic E-state index is 0.0786. The molecule has 0 saturated heterocycles. The topological polar surface area (TPSA) is 38.0 Å². The maximum atomic E-state index is 5.33. The number of unbranched alkanes of at least 4 members (excludes halogenated alkanes) is 1. The quantitative estimate of drug-likeness (QED) is 0.421. The highest BCUT2D eigenvalue weighted by molar-refractivity contribution is 7.81. The van der Waals surface area contributed by atoms with Crippen molar-refractivity contribution in [3.8, 4) is 0 Å². The van der Waals surface area contributed by atoms with E-state index in [9.17, 15) is 0 Å². The maximum absolute atomic E-state index is 5.33. The Hall–Kier alpha value is 0.270. The molecule has 0 aliphatic heterocycles. The molecule has 0 fully saturated rings. The van der Waals surface area contributed by atoms with Gasteiger partial charge >= 0.3 is 0 Å². The van der Waals surface area contributed by atoms with E-state index in [0.717, 1.165) is 6.42 Å². The molecular formula is C7H18N2S. The molecule has 0 aliphatic carbocycles. The molecule has 0 bridgehead atoms. The van der Waals surface area contributed by atoms with Gasteiger partial charge in [-0.1, -0.05) is 19.8 Å². The third-order valence-corrected chi connectivity index (χ3v) is 1.88. The number of rotatable bonds is 5. The predicted molar refractivity (Wildman–Crippen MR) is 49.1 cm³/mol. The highest BCUT2D eigenvalue weighted by Gasteiger charge is 2.15. The van der Waals surface area contributed by atoms with Gasteiger partial charge in [-0.2, -0.15) is 12.6 Å². The molecule has 2 nitrogen and oxygen atoms in total. The van der Waals surface area contributed by atoms with Gasteiger partial charge in [0, 0.05) is 6.67 Å². The molecule has 10 heavy (non-hydrogen) atoms. The number of thiol groups is 1. The van der Waals surface area contributed by atoms with Gasteiger partial charge in [-0.25, -0.2) is 0 Å². The maximum Gasteiger partial charge on any atom is 0.0596 e. The van der Waals surface area contributed by atoms with E-state index in [1.165, 1.54) is 12.8 Å². The Morgan fingerprint density at radius 3 is 2.60 bits per heavy atom. The second-order valence-electron chi connectivity index (χ2n) is 2.76. The SMILES string of the molecule is CCCCC(C)(S)NCN. The van der Waals surface area contributed by atoms with E-state index in [2.05, 4.69) is 31.8 Å². The highest BCUT2D eigenvalue weighted by Crippen LogP contribution is 2.16. The van der Waals surface area contributed by atoms with Crippen LogP contribution in [0.15, 0.2) is 0 Å². The Balaban J connectivity index is 3.42. The van der Waals surface area contributed by atoms with Gasteiger partial charge in [0.1, 0.15) is 0 Å². The van der Waals surface area contributed by atoms with Gasteiger partial charge in [0.2, 0.25) is 0 Å². The zero-order valence-corrected chi connectivity index (χ0v) is 7.75. The lowest BCUT2D eigenvalue weighted by molar-refractivity contribution is 0.464. The molecule has 0 aromatic carbocycles. The fraction of sp³-hybridized carbons (Fsp3) is 1.00. The van der Waals surface area contributed by atoms with Crippen LogP contribution < -0.4 is 11.1 Å². The van der Waals surface area contributed by atoms with E-state index in [0.29, 0.717) is 6.67 Å². The van der Waals surface area contributed by atoms with Crippen molar-refractivity contribution in [1.82, 2.24) is 5.32 Å². The Kier molecular flexibility index (Phi) is 5.13. The van der Waals surface area contributed by atoms with Crippen LogP contribution in [0.3, 0.4) is 0 Å². The molecule has 1 atom stereocenters. The van der Waals surface area contributed by atoms with Gasteiger partial charge in [-0.05, 0) is 13.3 Å². The van der Waals surface area contributed by atoms with Crippen molar-refractivity contribution in [2.24, 2.45) is 5.73 Å². The summed E-state index contributed by atoms with van der Waals surface area (Å²) in [6.45, 7) is 4.73. The van der Waals surface area contributed by atoms with Crippen LogP contribution in [0.4, 0.5) is 0 Å². The molecule has 0 aliphatic rings. The lowest BCUT2D eigenvalue weighted by Gasteiger charge is -2.23. The van der Waals surface area contributed by atoms with Gasteiger partial charge in [-0.3, -0.25) is 5.32 Å². The highest BCUT2D eigenvalue weighted by atomic mass is 32.1. The third kappa shape index (κ3) is 5.09. The van der Waals surface area contributed by atoms with Gasteiger partial charge in [-0.15, -0.1) is 0 Å². The first-order chi connectivity index (χ1) is 4.62. The van der Waals surface area contributed by atoms with E-state index in [1.807, 2.05) is 0 Å². The summed E-state index contributed by atoms with van der Waals surface area (Å²) in [5, 5.41) is 3.10. The summed E-state index contributed by atoms with van der Waals surface area (Å²) in [7, 11) is 0. The average molecular weight is 162 g/mol. The number of hydrogen-bond donors (Lipinski definition) is 3. The van der Waals surface area contributed by atoms with E-state index >= 15 is 0 Å². The van der Waals surface area contributed by atoms with Crippen LogP contribution in [0.5, 0.6) is 0 Å². The molecule has 3 heteroatoms. The zero-order chi connectivity index (χ0) is 8.04. The number of hydrogen-bond acceptors (Lipinski definition) is 3. The summed E-state index contributed by atoms with van der Waals surface area (Å²) in [4.78, 5) is -0.0786. The van der Waals surface area contributed by atoms with Crippen LogP contribution in [-0.4, -0.2) is 11.5 Å². The molecular weight excluding hydrogens is 144 g/mol. The fourth-order valence-electron chi connectivity index (χ4n) is 0.829. The molecule has 0 aromatic rings. The van der Waals surface area contributed by atoms with Gasteiger partial charge < -0.3 is 5.73 Å². The Labute approximate surface area is 69.0 Å². The second kappa shape index (κ2) is 4.99. The molecule has 0 saturated carbocycles. The summed E-state index contributed by atoms with van der Waals surface area (Å²) >= 11 is 4.41. The summed E-state index contributed by atoms with van der Waals surface area (Å²) in [5.74, 6) is 0. The van der Waals surface area contributed by atoms with Gasteiger partial charge in [0.15, 0.2) is 0 Å². The molecule has 1 unspecified atom stereocenters. The minimum atomic E-state index is -0.0786. The summed E-state index contributed by atoms with van der Waals surface area (Å²) in [6, 6.07) is 0. The van der Waals surface area contributed by atoms with Crippen molar-refractivity contribution in [3.05, 3.63) is 0 Å².